The van der Waals surface area contributed by atoms with Crippen molar-refractivity contribution in [3.8, 4) is 11.1 Å². The standard InChI is InChI=1S/C26H24F4/c1-2-3-4-16-5-7-17(8-6-16)19-11-14-21-22(15-19)25(29)26(30)23(24(21)28)18-9-12-20(27)13-10-18/h5-10,12-13,19H,2-4,11,14-15H2,1H3. The molecular weight excluding hydrogens is 388 g/mol. The van der Waals surface area contributed by atoms with Crippen LogP contribution in [0.5, 0.6) is 0 Å². The molecule has 0 saturated heterocycles. The molecule has 0 N–H and O–H groups in total. The highest BCUT2D eigenvalue weighted by atomic mass is 19.2. The molecule has 0 nitrogen and oxygen atoms in total. The monoisotopic (exact) mass is 412 g/mol. The molecule has 3 aromatic rings. The van der Waals surface area contributed by atoms with Crippen LogP contribution in [0.4, 0.5) is 17.6 Å². The van der Waals surface area contributed by atoms with Crippen LogP contribution in [0.3, 0.4) is 0 Å². The fraction of sp³-hybridized carbons (Fsp3) is 0.308. The van der Waals surface area contributed by atoms with Gasteiger partial charge in [0.15, 0.2) is 11.6 Å². The van der Waals surface area contributed by atoms with Gasteiger partial charge in [-0.05, 0) is 78.0 Å². The molecule has 3 aromatic carbocycles. The van der Waals surface area contributed by atoms with E-state index in [0.717, 1.165) is 37.0 Å². The Morgan fingerprint density at radius 3 is 2.17 bits per heavy atom. The maximum Gasteiger partial charge on any atom is 0.169 e. The molecule has 0 amide bonds. The van der Waals surface area contributed by atoms with Crippen LogP contribution in [-0.4, -0.2) is 0 Å². The smallest absolute Gasteiger partial charge is 0.169 e. The summed E-state index contributed by atoms with van der Waals surface area (Å²) in [6, 6.07) is 13.1. The molecule has 1 aliphatic carbocycles. The molecule has 0 heterocycles. The molecule has 0 saturated carbocycles. The first-order valence-corrected chi connectivity index (χ1v) is 10.5. The van der Waals surface area contributed by atoms with Gasteiger partial charge in [-0.3, -0.25) is 0 Å². The Morgan fingerprint density at radius 1 is 0.800 bits per heavy atom. The Morgan fingerprint density at radius 2 is 1.50 bits per heavy atom. The number of rotatable bonds is 5. The van der Waals surface area contributed by atoms with Gasteiger partial charge in [0.25, 0.3) is 0 Å². The van der Waals surface area contributed by atoms with Crippen molar-refractivity contribution in [1.29, 1.82) is 0 Å². The first-order valence-electron chi connectivity index (χ1n) is 10.5. The number of hydrogen-bond acceptors (Lipinski definition) is 0. The third kappa shape index (κ3) is 3.88. The van der Waals surface area contributed by atoms with E-state index in [-0.39, 0.29) is 29.0 Å². The highest BCUT2D eigenvalue weighted by Crippen LogP contribution is 2.40. The maximum absolute atomic E-state index is 15.2. The van der Waals surface area contributed by atoms with E-state index in [0.29, 0.717) is 12.8 Å². The topological polar surface area (TPSA) is 0 Å². The van der Waals surface area contributed by atoms with Crippen LogP contribution in [0.15, 0.2) is 48.5 Å². The summed E-state index contributed by atoms with van der Waals surface area (Å²) in [4.78, 5) is 0. The first kappa shape index (κ1) is 20.6. The highest BCUT2D eigenvalue weighted by molar-refractivity contribution is 5.67. The van der Waals surface area contributed by atoms with Crippen molar-refractivity contribution in [2.24, 2.45) is 0 Å². The van der Waals surface area contributed by atoms with Gasteiger partial charge in [-0.15, -0.1) is 0 Å². The van der Waals surface area contributed by atoms with E-state index in [1.165, 1.54) is 17.7 Å². The van der Waals surface area contributed by atoms with E-state index < -0.39 is 28.8 Å². The molecular formula is C26H24F4. The van der Waals surface area contributed by atoms with Crippen LogP contribution in [0.25, 0.3) is 11.1 Å². The summed E-state index contributed by atoms with van der Waals surface area (Å²) in [7, 11) is 0. The van der Waals surface area contributed by atoms with Gasteiger partial charge < -0.3 is 0 Å². The predicted octanol–water partition coefficient (Wildman–Crippen LogP) is 7.53. The summed E-state index contributed by atoms with van der Waals surface area (Å²) in [5, 5.41) is 0. The van der Waals surface area contributed by atoms with E-state index in [1.807, 2.05) is 0 Å². The van der Waals surface area contributed by atoms with Crippen molar-refractivity contribution in [2.45, 2.75) is 51.4 Å². The highest BCUT2D eigenvalue weighted by Gasteiger charge is 2.31. The fourth-order valence-corrected chi connectivity index (χ4v) is 4.39. The molecule has 1 atom stereocenters. The van der Waals surface area contributed by atoms with Gasteiger partial charge in [-0.25, -0.2) is 17.6 Å². The van der Waals surface area contributed by atoms with Crippen LogP contribution in [0, 0.1) is 23.3 Å². The Balaban J connectivity index is 1.65. The SMILES string of the molecule is CCCCc1ccc(C2CCc3c(F)c(-c4ccc(F)cc4)c(F)c(F)c3C2)cc1. The van der Waals surface area contributed by atoms with E-state index >= 15 is 4.39 Å². The maximum atomic E-state index is 15.2. The van der Waals surface area contributed by atoms with Crippen molar-refractivity contribution in [2.75, 3.05) is 0 Å². The Kier molecular flexibility index (Phi) is 5.94. The number of unbranched alkanes of at least 4 members (excludes halogenated alkanes) is 1. The van der Waals surface area contributed by atoms with Gasteiger partial charge in [-0.1, -0.05) is 49.7 Å². The molecule has 0 radical (unpaired) electrons. The van der Waals surface area contributed by atoms with Crippen molar-refractivity contribution < 1.29 is 17.6 Å². The summed E-state index contributed by atoms with van der Waals surface area (Å²) in [6.07, 6.45) is 4.59. The molecule has 0 spiro atoms. The molecule has 1 aliphatic rings. The zero-order valence-electron chi connectivity index (χ0n) is 17.0. The van der Waals surface area contributed by atoms with Crippen molar-refractivity contribution in [3.63, 3.8) is 0 Å². The number of aryl methyl sites for hydroxylation is 1. The summed E-state index contributed by atoms with van der Waals surface area (Å²) < 4.78 is 58.2. The van der Waals surface area contributed by atoms with Crippen molar-refractivity contribution in [1.82, 2.24) is 0 Å². The van der Waals surface area contributed by atoms with Gasteiger partial charge >= 0.3 is 0 Å². The molecule has 0 aromatic heterocycles. The summed E-state index contributed by atoms with van der Waals surface area (Å²) >= 11 is 0. The second kappa shape index (κ2) is 8.63. The van der Waals surface area contributed by atoms with Gasteiger partial charge in [0.05, 0.1) is 5.56 Å². The van der Waals surface area contributed by atoms with Crippen LogP contribution in [0.2, 0.25) is 0 Å². The second-order valence-corrected chi connectivity index (χ2v) is 8.07. The minimum Gasteiger partial charge on any atom is -0.207 e. The molecule has 0 bridgehead atoms. The van der Waals surface area contributed by atoms with Crippen LogP contribution >= 0.6 is 0 Å². The number of benzene rings is 3. The zero-order chi connectivity index (χ0) is 21.3. The number of halogens is 4. The Hall–Kier alpha value is -2.62. The molecule has 30 heavy (non-hydrogen) atoms. The van der Waals surface area contributed by atoms with Crippen LogP contribution in [0.1, 0.15) is 54.4 Å². The van der Waals surface area contributed by atoms with E-state index in [2.05, 4.69) is 31.2 Å². The molecule has 0 aliphatic heterocycles. The average molecular weight is 412 g/mol. The first-order chi connectivity index (χ1) is 14.5. The lowest BCUT2D eigenvalue weighted by Crippen LogP contribution is -2.18. The quantitative estimate of drug-likeness (QED) is 0.300. The third-order valence-corrected chi connectivity index (χ3v) is 6.12. The minimum atomic E-state index is -1.20. The van der Waals surface area contributed by atoms with E-state index in [9.17, 15) is 13.2 Å². The predicted molar refractivity (Wildman–Crippen MR) is 112 cm³/mol. The minimum absolute atomic E-state index is 0.0303. The normalized spacial score (nSPS) is 15.8. The summed E-state index contributed by atoms with van der Waals surface area (Å²) in [5.41, 5.74) is 2.43. The molecule has 156 valence electrons. The van der Waals surface area contributed by atoms with Gasteiger partial charge in [0, 0.05) is 0 Å². The van der Waals surface area contributed by atoms with E-state index in [1.54, 1.807) is 0 Å². The molecule has 0 fully saturated rings. The largest absolute Gasteiger partial charge is 0.207 e. The van der Waals surface area contributed by atoms with Crippen LogP contribution in [-0.2, 0) is 19.3 Å². The van der Waals surface area contributed by atoms with E-state index in [4.69, 9.17) is 0 Å². The third-order valence-electron chi connectivity index (χ3n) is 6.12. The number of hydrogen-bond donors (Lipinski definition) is 0. The lowest BCUT2D eigenvalue weighted by atomic mass is 9.78. The lowest BCUT2D eigenvalue weighted by molar-refractivity contribution is 0.458. The zero-order valence-corrected chi connectivity index (χ0v) is 17.0. The fourth-order valence-electron chi connectivity index (χ4n) is 4.39. The molecule has 1 unspecified atom stereocenters. The van der Waals surface area contributed by atoms with Gasteiger partial charge in [-0.2, -0.15) is 0 Å². The Bertz CT molecular complexity index is 1040. The van der Waals surface area contributed by atoms with Crippen molar-refractivity contribution in [3.05, 3.63) is 94.1 Å². The lowest BCUT2D eigenvalue weighted by Gasteiger charge is -2.27. The average Bonchev–Trinajstić information content (AvgIpc) is 2.77. The molecule has 4 rings (SSSR count). The van der Waals surface area contributed by atoms with Crippen LogP contribution < -0.4 is 0 Å². The Labute approximate surface area is 174 Å². The summed E-state index contributed by atoms with van der Waals surface area (Å²) in [5.74, 6) is -3.41. The number of fused-ring (bicyclic) bond motifs is 1. The van der Waals surface area contributed by atoms with Crippen molar-refractivity contribution >= 4 is 0 Å². The summed E-state index contributed by atoms with van der Waals surface area (Å²) in [6.45, 7) is 2.15. The second-order valence-electron chi connectivity index (χ2n) is 8.07. The van der Waals surface area contributed by atoms with Gasteiger partial charge in [0.1, 0.15) is 11.6 Å². The molecule has 4 heteroatoms. The van der Waals surface area contributed by atoms with Gasteiger partial charge in [0.2, 0.25) is 0 Å².